The lowest BCUT2D eigenvalue weighted by atomic mass is 10.2. The minimum atomic E-state index is -0.517. The molecular formula is C27H28N2O6. The third-order valence-electron chi connectivity index (χ3n) is 4.63. The van der Waals surface area contributed by atoms with Crippen molar-refractivity contribution in [2.75, 3.05) is 19.8 Å². The molecule has 8 heteroatoms. The molecular weight excluding hydrogens is 448 g/mol. The molecule has 3 aromatic carbocycles. The van der Waals surface area contributed by atoms with Gasteiger partial charge in [-0.15, -0.1) is 0 Å². The molecule has 0 heterocycles. The summed E-state index contributed by atoms with van der Waals surface area (Å²) in [5.74, 6) is 1.03. The Kier molecular flexibility index (Phi) is 9.24. The third kappa shape index (κ3) is 7.89. The van der Waals surface area contributed by atoms with Crippen LogP contribution in [0.1, 0.15) is 35.3 Å². The SMILES string of the molecule is CCOc1ccc(C(=O)Oc2ccc(/C=N\NC(=O)COc3cccc(C)c3)cc2OCC)cc1. The number of ether oxygens (including phenoxy) is 4. The summed E-state index contributed by atoms with van der Waals surface area (Å²) >= 11 is 0. The predicted molar refractivity (Wildman–Crippen MR) is 133 cm³/mol. The van der Waals surface area contributed by atoms with Crippen molar-refractivity contribution in [3.05, 3.63) is 83.4 Å². The van der Waals surface area contributed by atoms with Crippen LogP contribution in [0.15, 0.2) is 71.8 Å². The van der Waals surface area contributed by atoms with Gasteiger partial charge >= 0.3 is 5.97 Å². The van der Waals surface area contributed by atoms with Crippen LogP contribution in [0.25, 0.3) is 0 Å². The number of amides is 1. The van der Waals surface area contributed by atoms with Gasteiger partial charge in [0.1, 0.15) is 11.5 Å². The number of hydrogen-bond acceptors (Lipinski definition) is 7. The van der Waals surface area contributed by atoms with Gasteiger partial charge in [-0.3, -0.25) is 4.79 Å². The average Bonchev–Trinajstić information content (AvgIpc) is 2.85. The largest absolute Gasteiger partial charge is 0.494 e. The highest BCUT2D eigenvalue weighted by Gasteiger charge is 2.13. The van der Waals surface area contributed by atoms with E-state index >= 15 is 0 Å². The Morgan fingerprint density at radius 1 is 0.857 bits per heavy atom. The Bertz CT molecular complexity index is 1170. The summed E-state index contributed by atoms with van der Waals surface area (Å²) < 4.78 is 22.0. The molecule has 0 unspecified atom stereocenters. The van der Waals surface area contributed by atoms with Crippen molar-refractivity contribution in [3.63, 3.8) is 0 Å². The van der Waals surface area contributed by atoms with Gasteiger partial charge in [-0.25, -0.2) is 10.2 Å². The van der Waals surface area contributed by atoms with E-state index in [0.717, 1.165) is 5.56 Å². The summed E-state index contributed by atoms with van der Waals surface area (Å²) in [4.78, 5) is 24.5. The number of nitrogens with zero attached hydrogens (tertiary/aromatic N) is 1. The van der Waals surface area contributed by atoms with E-state index in [-0.39, 0.29) is 12.4 Å². The van der Waals surface area contributed by atoms with Crippen LogP contribution in [0.3, 0.4) is 0 Å². The maximum Gasteiger partial charge on any atom is 0.343 e. The fourth-order valence-corrected chi connectivity index (χ4v) is 3.04. The number of benzene rings is 3. The summed E-state index contributed by atoms with van der Waals surface area (Å²) in [6, 6.07) is 19.1. The van der Waals surface area contributed by atoms with Crippen molar-refractivity contribution >= 4 is 18.1 Å². The first-order chi connectivity index (χ1) is 17.0. The third-order valence-corrected chi connectivity index (χ3v) is 4.63. The summed E-state index contributed by atoms with van der Waals surface area (Å²) in [6.07, 6.45) is 1.46. The second kappa shape index (κ2) is 12.8. The van der Waals surface area contributed by atoms with Crippen molar-refractivity contribution in [2.45, 2.75) is 20.8 Å². The number of aryl methyl sites for hydroxylation is 1. The smallest absolute Gasteiger partial charge is 0.343 e. The van der Waals surface area contributed by atoms with Crippen LogP contribution < -0.4 is 24.4 Å². The van der Waals surface area contributed by atoms with E-state index in [0.29, 0.717) is 41.6 Å². The standard InChI is InChI=1S/C27H28N2O6/c1-4-32-22-12-10-21(11-13-22)27(31)35-24-14-9-20(16-25(24)33-5-2)17-28-29-26(30)18-34-23-8-6-7-19(3)15-23/h6-17H,4-5,18H2,1-3H3,(H,29,30)/b28-17-. The number of nitrogens with one attached hydrogen (secondary N) is 1. The molecule has 3 rings (SSSR count). The van der Waals surface area contributed by atoms with Crippen molar-refractivity contribution in [1.82, 2.24) is 5.43 Å². The molecule has 0 radical (unpaired) electrons. The fourth-order valence-electron chi connectivity index (χ4n) is 3.04. The molecule has 1 N–H and O–H groups in total. The van der Waals surface area contributed by atoms with Crippen molar-refractivity contribution in [1.29, 1.82) is 0 Å². The second-order valence-electron chi connectivity index (χ2n) is 7.38. The van der Waals surface area contributed by atoms with Crippen LogP contribution in [0, 0.1) is 6.92 Å². The molecule has 0 aromatic heterocycles. The second-order valence-corrected chi connectivity index (χ2v) is 7.38. The van der Waals surface area contributed by atoms with Crippen molar-refractivity contribution in [2.24, 2.45) is 5.10 Å². The molecule has 0 aliphatic rings. The number of hydrogen-bond donors (Lipinski definition) is 1. The van der Waals surface area contributed by atoms with Crippen LogP contribution >= 0.6 is 0 Å². The summed E-state index contributed by atoms with van der Waals surface area (Å²) in [6.45, 7) is 6.42. The van der Waals surface area contributed by atoms with Crippen LogP contribution in [-0.4, -0.2) is 37.9 Å². The highest BCUT2D eigenvalue weighted by molar-refractivity contribution is 5.92. The van der Waals surface area contributed by atoms with Gasteiger partial charge in [-0.2, -0.15) is 5.10 Å². The highest BCUT2D eigenvalue weighted by Crippen LogP contribution is 2.29. The lowest BCUT2D eigenvalue weighted by Crippen LogP contribution is -2.24. The van der Waals surface area contributed by atoms with E-state index in [1.807, 2.05) is 39.0 Å². The first-order valence-corrected chi connectivity index (χ1v) is 11.2. The summed E-state index contributed by atoms with van der Waals surface area (Å²) in [5.41, 5.74) is 4.49. The lowest BCUT2D eigenvalue weighted by molar-refractivity contribution is -0.123. The molecule has 0 atom stereocenters. The molecule has 0 saturated carbocycles. The Hall–Kier alpha value is -4.33. The van der Waals surface area contributed by atoms with Crippen molar-refractivity contribution in [3.8, 4) is 23.0 Å². The maximum atomic E-state index is 12.6. The molecule has 0 saturated heterocycles. The van der Waals surface area contributed by atoms with Gasteiger partial charge < -0.3 is 18.9 Å². The predicted octanol–water partition coefficient (Wildman–Crippen LogP) is 4.54. The number of carbonyl (C=O) groups is 2. The summed E-state index contributed by atoms with van der Waals surface area (Å²) in [5, 5.41) is 3.95. The zero-order chi connectivity index (χ0) is 25.0. The minimum absolute atomic E-state index is 0.161. The zero-order valence-electron chi connectivity index (χ0n) is 19.9. The quantitative estimate of drug-likeness (QED) is 0.189. The molecule has 0 spiro atoms. The molecule has 0 fully saturated rings. The van der Waals surface area contributed by atoms with Gasteiger partial charge in [0.25, 0.3) is 5.91 Å². The Labute approximate surface area is 204 Å². The molecule has 0 aliphatic carbocycles. The van der Waals surface area contributed by atoms with Crippen LogP contribution in [-0.2, 0) is 4.79 Å². The molecule has 3 aromatic rings. The normalized spacial score (nSPS) is 10.6. The van der Waals surface area contributed by atoms with Gasteiger partial charge in [0, 0.05) is 0 Å². The van der Waals surface area contributed by atoms with Gasteiger partial charge in [0.05, 0.1) is 25.0 Å². The van der Waals surface area contributed by atoms with E-state index in [9.17, 15) is 9.59 Å². The first kappa shape index (κ1) is 25.3. The van der Waals surface area contributed by atoms with E-state index in [2.05, 4.69) is 10.5 Å². The van der Waals surface area contributed by atoms with Gasteiger partial charge in [0.2, 0.25) is 0 Å². The zero-order valence-corrected chi connectivity index (χ0v) is 19.9. The van der Waals surface area contributed by atoms with E-state index in [1.54, 1.807) is 48.5 Å². The number of carbonyl (C=O) groups excluding carboxylic acids is 2. The monoisotopic (exact) mass is 476 g/mol. The first-order valence-electron chi connectivity index (χ1n) is 11.2. The van der Waals surface area contributed by atoms with Crippen LogP contribution in [0.5, 0.6) is 23.0 Å². The van der Waals surface area contributed by atoms with E-state index < -0.39 is 11.9 Å². The minimum Gasteiger partial charge on any atom is -0.494 e. The van der Waals surface area contributed by atoms with Gasteiger partial charge in [0.15, 0.2) is 18.1 Å². The average molecular weight is 477 g/mol. The summed E-state index contributed by atoms with van der Waals surface area (Å²) in [7, 11) is 0. The Morgan fingerprint density at radius 3 is 2.34 bits per heavy atom. The van der Waals surface area contributed by atoms with Crippen LogP contribution in [0.4, 0.5) is 0 Å². The fraction of sp³-hybridized carbons (Fsp3) is 0.222. The van der Waals surface area contributed by atoms with Gasteiger partial charge in [-0.05, 0) is 86.5 Å². The molecule has 0 bridgehead atoms. The van der Waals surface area contributed by atoms with Gasteiger partial charge in [-0.1, -0.05) is 12.1 Å². The molecule has 182 valence electrons. The Balaban J connectivity index is 1.59. The highest BCUT2D eigenvalue weighted by atomic mass is 16.6. The van der Waals surface area contributed by atoms with Crippen molar-refractivity contribution < 1.29 is 28.5 Å². The van der Waals surface area contributed by atoms with E-state index in [4.69, 9.17) is 18.9 Å². The maximum absolute atomic E-state index is 12.6. The lowest BCUT2D eigenvalue weighted by Gasteiger charge is -2.11. The molecule has 0 aliphatic heterocycles. The Morgan fingerprint density at radius 2 is 1.63 bits per heavy atom. The number of hydrazone groups is 1. The number of esters is 1. The topological polar surface area (TPSA) is 95.5 Å². The molecule has 35 heavy (non-hydrogen) atoms. The molecule has 8 nitrogen and oxygen atoms in total. The number of rotatable bonds is 11. The van der Waals surface area contributed by atoms with Crippen LogP contribution in [0.2, 0.25) is 0 Å². The van der Waals surface area contributed by atoms with E-state index in [1.165, 1.54) is 6.21 Å². The molecule has 1 amide bonds.